The van der Waals surface area contributed by atoms with E-state index >= 15 is 0 Å². The Morgan fingerprint density at radius 2 is 1.95 bits per heavy atom. The van der Waals surface area contributed by atoms with Crippen LogP contribution in [0.15, 0.2) is 24.3 Å². The van der Waals surface area contributed by atoms with Crippen molar-refractivity contribution in [3.63, 3.8) is 0 Å². The summed E-state index contributed by atoms with van der Waals surface area (Å²) < 4.78 is 0. The smallest absolute Gasteiger partial charge is 0.251 e. The van der Waals surface area contributed by atoms with Crippen molar-refractivity contribution in [2.45, 2.75) is 32.6 Å². The molecule has 0 saturated heterocycles. The second-order valence-electron chi connectivity index (χ2n) is 5.48. The number of hydrogen-bond acceptors (Lipinski definition) is 1. The molecule has 1 amide bonds. The average molecular weight is 324 g/mol. The SMILES string of the molecule is Cc1ccccc1C(=O)NCC1CCCCC1CBr. The van der Waals surface area contributed by atoms with Gasteiger partial charge in [0, 0.05) is 17.4 Å². The van der Waals surface area contributed by atoms with Gasteiger partial charge in [-0.25, -0.2) is 0 Å². The van der Waals surface area contributed by atoms with E-state index in [0.29, 0.717) is 11.8 Å². The second-order valence-corrected chi connectivity index (χ2v) is 6.13. The Balaban J connectivity index is 1.91. The zero-order chi connectivity index (χ0) is 13.7. The lowest BCUT2D eigenvalue weighted by Gasteiger charge is -2.30. The number of hydrogen-bond donors (Lipinski definition) is 1. The summed E-state index contributed by atoms with van der Waals surface area (Å²) in [4.78, 5) is 12.2. The van der Waals surface area contributed by atoms with Crippen LogP contribution in [0.1, 0.15) is 41.6 Å². The van der Waals surface area contributed by atoms with E-state index in [1.165, 1.54) is 25.7 Å². The first-order valence-electron chi connectivity index (χ1n) is 7.12. The van der Waals surface area contributed by atoms with Crippen molar-refractivity contribution in [2.24, 2.45) is 11.8 Å². The van der Waals surface area contributed by atoms with E-state index in [-0.39, 0.29) is 5.91 Å². The fraction of sp³-hybridized carbons (Fsp3) is 0.562. The molecule has 0 aromatic heterocycles. The molecule has 1 aromatic carbocycles. The molecule has 0 spiro atoms. The lowest BCUT2D eigenvalue weighted by atomic mass is 9.80. The van der Waals surface area contributed by atoms with E-state index in [1.54, 1.807) is 0 Å². The fourth-order valence-corrected chi connectivity index (χ4v) is 3.76. The van der Waals surface area contributed by atoms with Gasteiger partial charge in [-0.05, 0) is 43.2 Å². The number of benzene rings is 1. The summed E-state index contributed by atoms with van der Waals surface area (Å²) in [5, 5.41) is 4.17. The second kappa shape index (κ2) is 7.09. The van der Waals surface area contributed by atoms with E-state index < -0.39 is 0 Å². The minimum absolute atomic E-state index is 0.0667. The molecule has 104 valence electrons. The molecule has 1 aliphatic carbocycles. The molecule has 2 nitrogen and oxygen atoms in total. The predicted octanol–water partition coefficient (Wildman–Crippen LogP) is 3.93. The van der Waals surface area contributed by atoms with Crippen molar-refractivity contribution in [1.82, 2.24) is 5.32 Å². The van der Waals surface area contributed by atoms with Crippen molar-refractivity contribution in [2.75, 3.05) is 11.9 Å². The largest absolute Gasteiger partial charge is 0.352 e. The molecule has 3 heteroatoms. The maximum Gasteiger partial charge on any atom is 0.251 e. The number of aryl methyl sites for hydroxylation is 1. The van der Waals surface area contributed by atoms with Crippen molar-refractivity contribution < 1.29 is 4.79 Å². The first kappa shape index (κ1) is 14.6. The van der Waals surface area contributed by atoms with Crippen LogP contribution in [0.4, 0.5) is 0 Å². The average Bonchev–Trinajstić information content (AvgIpc) is 2.45. The summed E-state index contributed by atoms with van der Waals surface area (Å²) in [6, 6.07) is 7.77. The third-order valence-corrected chi connectivity index (χ3v) is 5.01. The summed E-state index contributed by atoms with van der Waals surface area (Å²) >= 11 is 3.60. The third kappa shape index (κ3) is 3.82. The number of rotatable bonds is 4. The van der Waals surface area contributed by atoms with Crippen LogP contribution in [-0.4, -0.2) is 17.8 Å². The van der Waals surface area contributed by atoms with Crippen LogP contribution in [0.2, 0.25) is 0 Å². The molecule has 1 saturated carbocycles. The summed E-state index contributed by atoms with van der Waals surface area (Å²) in [5.74, 6) is 1.41. The van der Waals surface area contributed by atoms with Gasteiger partial charge in [0.25, 0.3) is 5.91 Å². The highest BCUT2D eigenvalue weighted by Crippen LogP contribution is 2.30. The van der Waals surface area contributed by atoms with Gasteiger partial charge >= 0.3 is 0 Å². The Bertz CT molecular complexity index is 433. The highest BCUT2D eigenvalue weighted by molar-refractivity contribution is 9.09. The van der Waals surface area contributed by atoms with Crippen molar-refractivity contribution in [3.8, 4) is 0 Å². The maximum atomic E-state index is 12.2. The standard InChI is InChI=1S/C16H22BrNO/c1-12-6-2-5-9-15(12)16(19)18-11-14-8-4-3-7-13(14)10-17/h2,5-6,9,13-14H,3-4,7-8,10-11H2,1H3,(H,18,19). The zero-order valence-electron chi connectivity index (χ0n) is 11.5. The number of alkyl halides is 1. The molecular weight excluding hydrogens is 302 g/mol. The van der Waals surface area contributed by atoms with Crippen LogP contribution in [0, 0.1) is 18.8 Å². The lowest BCUT2D eigenvalue weighted by molar-refractivity contribution is 0.0936. The van der Waals surface area contributed by atoms with E-state index in [4.69, 9.17) is 0 Å². The summed E-state index contributed by atoms with van der Waals surface area (Å²) in [6.07, 6.45) is 5.16. The first-order chi connectivity index (χ1) is 9.22. The van der Waals surface area contributed by atoms with Crippen molar-refractivity contribution in [3.05, 3.63) is 35.4 Å². The molecule has 2 atom stereocenters. The van der Waals surface area contributed by atoms with Crippen molar-refractivity contribution >= 4 is 21.8 Å². The molecule has 1 aromatic rings. The van der Waals surface area contributed by atoms with E-state index in [2.05, 4.69) is 21.2 Å². The Morgan fingerprint density at radius 3 is 2.63 bits per heavy atom. The van der Waals surface area contributed by atoms with E-state index in [0.717, 1.165) is 23.0 Å². The van der Waals surface area contributed by atoms with Gasteiger partial charge in [0.15, 0.2) is 0 Å². The molecule has 1 N–H and O–H groups in total. The number of nitrogens with one attached hydrogen (secondary N) is 1. The van der Waals surface area contributed by atoms with Gasteiger partial charge in [0.05, 0.1) is 0 Å². The normalized spacial score (nSPS) is 23.1. The first-order valence-corrected chi connectivity index (χ1v) is 8.24. The van der Waals surface area contributed by atoms with Crippen LogP contribution in [0.5, 0.6) is 0 Å². The van der Waals surface area contributed by atoms with Gasteiger partial charge in [0.2, 0.25) is 0 Å². The molecule has 0 bridgehead atoms. The van der Waals surface area contributed by atoms with Gasteiger partial charge in [-0.15, -0.1) is 0 Å². The van der Waals surface area contributed by atoms with Gasteiger partial charge < -0.3 is 5.32 Å². The number of carbonyl (C=O) groups excluding carboxylic acids is 1. The van der Waals surface area contributed by atoms with Crippen molar-refractivity contribution in [1.29, 1.82) is 0 Å². The number of halogens is 1. The van der Waals surface area contributed by atoms with Gasteiger partial charge in [-0.2, -0.15) is 0 Å². The highest BCUT2D eigenvalue weighted by atomic mass is 79.9. The molecule has 0 radical (unpaired) electrons. The van der Waals surface area contributed by atoms with Gasteiger partial charge in [-0.3, -0.25) is 4.79 Å². The van der Waals surface area contributed by atoms with Gasteiger partial charge in [-0.1, -0.05) is 47.0 Å². The quantitative estimate of drug-likeness (QED) is 0.836. The van der Waals surface area contributed by atoms with Crippen LogP contribution < -0.4 is 5.32 Å². The molecule has 0 aliphatic heterocycles. The zero-order valence-corrected chi connectivity index (χ0v) is 13.1. The van der Waals surface area contributed by atoms with Crippen LogP contribution >= 0.6 is 15.9 Å². The number of amides is 1. The summed E-state index contributed by atoms with van der Waals surface area (Å²) in [6.45, 7) is 2.79. The van der Waals surface area contributed by atoms with Crippen LogP contribution in [0.3, 0.4) is 0 Å². The predicted molar refractivity (Wildman–Crippen MR) is 82.8 cm³/mol. The Kier molecular flexibility index (Phi) is 5.44. The van der Waals surface area contributed by atoms with E-state index in [9.17, 15) is 4.79 Å². The monoisotopic (exact) mass is 323 g/mol. The molecule has 2 rings (SSSR count). The Labute approximate surface area is 124 Å². The van der Waals surface area contributed by atoms with E-state index in [1.807, 2.05) is 31.2 Å². The summed E-state index contributed by atoms with van der Waals surface area (Å²) in [7, 11) is 0. The number of carbonyl (C=O) groups is 1. The fourth-order valence-electron chi connectivity index (χ4n) is 2.90. The third-order valence-electron chi connectivity index (χ3n) is 4.18. The molecule has 1 aliphatic rings. The molecule has 19 heavy (non-hydrogen) atoms. The highest BCUT2D eigenvalue weighted by Gasteiger charge is 2.24. The topological polar surface area (TPSA) is 29.1 Å². The Hall–Kier alpha value is -0.830. The Morgan fingerprint density at radius 1 is 1.26 bits per heavy atom. The molecular formula is C16H22BrNO. The minimum Gasteiger partial charge on any atom is -0.352 e. The van der Waals surface area contributed by atoms with Crippen LogP contribution in [-0.2, 0) is 0 Å². The van der Waals surface area contributed by atoms with Gasteiger partial charge in [0.1, 0.15) is 0 Å². The lowest BCUT2D eigenvalue weighted by Crippen LogP contribution is -2.35. The minimum atomic E-state index is 0.0667. The molecule has 0 heterocycles. The van der Waals surface area contributed by atoms with Crippen LogP contribution in [0.25, 0.3) is 0 Å². The molecule has 2 unspecified atom stereocenters. The maximum absolute atomic E-state index is 12.2. The summed E-state index contributed by atoms with van der Waals surface area (Å²) in [5.41, 5.74) is 1.84. The molecule has 1 fully saturated rings.